The summed E-state index contributed by atoms with van der Waals surface area (Å²) in [5.41, 5.74) is 7.17. The van der Waals surface area contributed by atoms with E-state index in [1.54, 1.807) is 6.20 Å². The maximum absolute atomic E-state index is 12.4. The minimum atomic E-state index is -0.0537. The average Bonchev–Trinajstić information content (AvgIpc) is 3.41. The van der Waals surface area contributed by atoms with Crippen molar-refractivity contribution in [2.45, 2.75) is 39.2 Å². The first kappa shape index (κ1) is 20.2. The van der Waals surface area contributed by atoms with Crippen LogP contribution in [-0.4, -0.2) is 33.5 Å². The van der Waals surface area contributed by atoms with Gasteiger partial charge >= 0.3 is 0 Å². The zero-order valence-electron chi connectivity index (χ0n) is 18.3. The zero-order chi connectivity index (χ0) is 22.1. The lowest BCUT2D eigenvalue weighted by Gasteiger charge is -2.12. The fourth-order valence-electron chi connectivity index (χ4n) is 4.30. The van der Waals surface area contributed by atoms with Crippen molar-refractivity contribution in [2.75, 3.05) is 6.54 Å². The lowest BCUT2D eigenvalue weighted by molar-refractivity contribution is -0.121. The predicted molar refractivity (Wildman–Crippen MR) is 125 cm³/mol. The minimum Gasteiger partial charge on any atom is -0.488 e. The Morgan fingerprint density at radius 1 is 1.22 bits per heavy atom. The van der Waals surface area contributed by atoms with Crippen LogP contribution in [0.3, 0.4) is 0 Å². The molecular formula is C26H26N4O2. The normalized spacial score (nSPS) is 14.9. The first-order valence-corrected chi connectivity index (χ1v) is 11.0. The van der Waals surface area contributed by atoms with Crippen molar-refractivity contribution in [1.82, 2.24) is 20.3 Å². The summed E-state index contributed by atoms with van der Waals surface area (Å²) in [6, 6.07) is 14.3. The number of amides is 1. The second-order valence-corrected chi connectivity index (χ2v) is 8.38. The van der Waals surface area contributed by atoms with E-state index in [9.17, 15) is 4.79 Å². The van der Waals surface area contributed by atoms with Crippen LogP contribution in [0.1, 0.15) is 28.9 Å². The van der Waals surface area contributed by atoms with Gasteiger partial charge < -0.3 is 15.0 Å². The summed E-state index contributed by atoms with van der Waals surface area (Å²) in [7, 11) is 0. The molecule has 2 N–H and O–H groups in total. The van der Waals surface area contributed by atoms with Crippen molar-refractivity contribution in [1.29, 1.82) is 0 Å². The fourth-order valence-corrected chi connectivity index (χ4v) is 4.30. The molecule has 5 rings (SSSR count). The Balaban J connectivity index is 1.17. The molecule has 32 heavy (non-hydrogen) atoms. The van der Waals surface area contributed by atoms with Crippen molar-refractivity contribution in [3.05, 3.63) is 77.4 Å². The van der Waals surface area contributed by atoms with Gasteiger partial charge in [-0.3, -0.25) is 9.78 Å². The molecule has 0 saturated heterocycles. The standard InChI is InChI=1S/C26H26N4O2/c1-16-13-27-17(2)26(30-16)18-7-9-24-20(11-18)12-21(32-24)15-29-25(31)10-8-19-14-28-23-6-4-3-5-22(19)23/h3-7,9,11,13-14,21,28H,8,10,12,15H2,1-2H3,(H,29,31)/t21-/m0/s1. The SMILES string of the molecule is Cc1cnc(C)c(-c2ccc3c(c2)C[C@@H](CNC(=O)CCc2c[nH]c4ccccc24)O3)n1. The van der Waals surface area contributed by atoms with Crippen LogP contribution in [0.2, 0.25) is 0 Å². The number of carbonyl (C=O) groups is 1. The number of nitrogens with zero attached hydrogens (tertiary/aromatic N) is 2. The summed E-state index contributed by atoms with van der Waals surface area (Å²) in [6.45, 7) is 4.42. The van der Waals surface area contributed by atoms with Crippen LogP contribution in [0.25, 0.3) is 22.2 Å². The Kier molecular flexibility index (Phi) is 5.35. The molecular weight excluding hydrogens is 400 g/mol. The zero-order valence-corrected chi connectivity index (χ0v) is 18.3. The Morgan fingerprint density at radius 2 is 2.09 bits per heavy atom. The van der Waals surface area contributed by atoms with Crippen LogP contribution in [0.4, 0.5) is 0 Å². The van der Waals surface area contributed by atoms with Crippen molar-refractivity contribution in [3.63, 3.8) is 0 Å². The number of nitrogens with one attached hydrogen (secondary N) is 2. The van der Waals surface area contributed by atoms with E-state index < -0.39 is 0 Å². The molecule has 2 aromatic carbocycles. The summed E-state index contributed by atoms with van der Waals surface area (Å²) in [4.78, 5) is 24.7. The lowest BCUT2D eigenvalue weighted by Crippen LogP contribution is -2.34. The van der Waals surface area contributed by atoms with Gasteiger partial charge in [0.15, 0.2) is 0 Å². The molecule has 1 amide bonds. The number of fused-ring (bicyclic) bond motifs is 2. The number of ether oxygens (including phenoxy) is 1. The molecule has 162 valence electrons. The van der Waals surface area contributed by atoms with Gasteiger partial charge in [0.2, 0.25) is 5.91 Å². The Bertz CT molecular complexity index is 1290. The van der Waals surface area contributed by atoms with Gasteiger partial charge in [0.1, 0.15) is 11.9 Å². The smallest absolute Gasteiger partial charge is 0.220 e. The molecule has 2 aromatic heterocycles. The summed E-state index contributed by atoms with van der Waals surface area (Å²) >= 11 is 0. The third-order valence-corrected chi connectivity index (χ3v) is 5.97. The second kappa shape index (κ2) is 8.46. The highest BCUT2D eigenvalue weighted by molar-refractivity contribution is 5.84. The average molecular weight is 427 g/mol. The lowest BCUT2D eigenvalue weighted by atomic mass is 10.0. The highest BCUT2D eigenvalue weighted by atomic mass is 16.5. The molecule has 1 atom stereocenters. The second-order valence-electron chi connectivity index (χ2n) is 8.38. The van der Waals surface area contributed by atoms with Gasteiger partial charge in [-0.2, -0.15) is 0 Å². The monoisotopic (exact) mass is 426 g/mol. The molecule has 3 heterocycles. The number of benzene rings is 2. The minimum absolute atomic E-state index is 0.0428. The summed E-state index contributed by atoms with van der Waals surface area (Å²) in [6.07, 6.45) is 5.66. The van der Waals surface area contributed by atoms with Crippen LogP contribution in [0.15, 0.2) is 54.9 Å². The van der Waals surface area contributed by atoms with Gasteiger partial charge in [0.05, 0.1) is 23.6 Å². The number of hydrogen-bond acceptors (Lipinski definition) is 4. The Morgan fingerprint density at radius 3 is 3.00 bits per heavy atom. The number of H-pyrrole nitrogens is 1. The van der Waals surface area contributed by atoms with Crippen LogP contribution in [0, 0.1) is 13.8 Å². The van der Waals surface area contributed by atoms with Gasteiger partial charge in [-0.25, -0.2) is 4.98 Å². The Hall–Kier alpha value is -3.67. The van der Waals surface area contributed by atoms with E-state index in [2.05, 4.69) is 32.4 Å². The molecule has 6 nitrogen and oxygen atoms in total. The van der Waals surface area contributed by atoms with Crippen molar-refractivity contribution < 1.29 is 9.53 Å². The first-order chi connectivity index (χ1) is 15.6. The van der Waals surface area contributed by atoms with Crippen LogP contribution >= 0.6 is 0 Å². The summed E-state index contributed by atoms with van der Waals surface area (Å²) in [5.74, 6) is 0.922. The van der Waals surface area contributed by atoms with Gasteiger partial charge in [0, 0.05) is 41.7 Å². The number of rotatable bonds is 6. The maximum atomic E-state index is 12.4. The quantitative estimate of drug-likeness (QED) is 0.482. The largest absolute Gasteiger partial charge is 0.488 e. The molecule has 1 aliphatic rings. The topological polar surface area (TPSA) is 79.9 Å². The number of aryl methyl sites for hydroxylation is 3. The molecule has 0 aliphatic carbocycles. The molecule has 1 aliphatic heterocycles. The Labute approximate surface area is 187 Å². The van der Waals surface area contributed by atoms with E-state index in [4.69, 9.17) is 4.74 Å². The van der Waals surface area contributed by atoms with E-state index >= 15 is 0 Å². The van der Waals surface area contributed by atoms with E-state index in [1.165, 1.54) is 10.9 Å². The number of aromatic amines is 1. The van der Waals surface area contributed by atoms with E-state index in [-0.39, 0.29) is 12.0 Å². The third kappa shape index (κ3) is 4.08. The van der Waals surface area contributed by atoms with Gasteiger partial charge in [-0.15, -0.1) is 0 Å². The third-order valence-electron chi connectivity index (χ3n) is 5.97. The fraction of sp³-hybridized carbons (Fsp3) is 0.269. The molecule has 0 unspecified atom stereocenters. The number of carbonyl (C=O) groups excluding carboxylic acids is 1. The highest BCUT2D eigenvalue weighted by Gasteiger charge is 2.24. The molecule has 0 saturated carbocycles. The molecule has 0 fully saturated rings. The first-order valence-electron chi connectivity index (χ1n) is 11.0. The number of para-hydroxylation sites is 1. The summed E-state index contributed by atoms with van der Waals surface area (Å²) in [5, 5.41) is 4.22. The summed E-state index contributed by atoms with van der Waals surface area (Å²) < 4.78 is 6.05. The van der Waals surface area contributed by atoms with Crippen LogP contribution < -0.4 is 10.1 Å². The highest BCUT2D eigenvalue weighted by Crippen LogP contribution is 2.33. The van der Waals surface area contributed by atoms with Crippen molar-refractivity contribution in [2.24, 2.45) is 0 Å². The molecule has 0 spiro atoms. The van der Waals surface area contributed by atoms with E-state index in [0.29, 0.717) is 19.4 Å². The van der Waals surface area contributed by atoms with Gasteiger partial charge in [-0.05, 0) is 55.7 Å². The molecule has 0 bridgehead atoms. The van der Waals surface area contributed by atoms with Crippen molar-refractivity contribution >= 4 is 16.8 Å². The van der Waals surface area contributed by atoms with Crippen LogP contribution in [-0.2, 0) is 17.6 Å². The molecule has 6 heteroatoms. The predicted octanol–water partition coefficient (Wildman–Crippen LogP) is 4.29. The molecule has 4 aromatic rings. The van der Waals surface area contributed by atoms with Gasteiger partial charge in [0.25, 0.3) is 0 Å². The number of hydrogen-bond donors (Lipinski definition) is 2. The van der Waals surface area contributed by atoms with Gasteiger partial charge in [-0.1, -0.05) is 18.2 Å². The van der Waals surface area contributed by atoms with Crippen LogP contribution in [0.5, 0.6) is 5.75 Å². The van der Waals surface area contributed by atoms with Crippen molar-refractivity contribution in [3.8, 4) is 17.0 Å². The van der Waals surface area contributed by atoms with E-state index in [1.807, 2.05) is 50.4 Å². The maximum Gasteiger partial charge on any atom is 0.220 e. The molecule has 0 radical (unpaired) electrons. The van der Waals surface area contributed by atoms with E-state index in [0.717, 1.165) is 45.9 Å². The number of aromatic nitrogens is 3.